The number of hydrogen-bond donors (Lipinski definition) is 7. The summed E-state index contributed by atoms with van der Waals surface area (Å²) >= 11 is 1.52. The predicted octanol–water partition coefficient (Wildman–Crippen LogP) is -0.949. The Morgan fingerprint density at radius 3 is 2.13 bits per heavy atom. The van der Waals surface area contributed by atoms with Crippen LogP contribution in [0.2, 0.25) is 0 Å². The van der Waals surface area contributed by atoms with Crippen LogP contribution in [0.5, 0.6) is 0 Å². The first kappa shape index (κ1) is 33.9. The molecule has 0 aliphatic carbocycles. The number of nitrogens with two attached hydrogens (primary N) is 1. The number of nitrogens with one attached hydrogen (secondary N) is 6. The van der Waals surface area contributed by atoms with E-state index >= 15 is 0 Å². The Balaban J connectivity index is 2.99. The molecule has 14 heteroatoms. The van der Waals surface area contributed by atoms with E-state index in [4.69, 9.17) is 5.73 Å². The molecule has 0 aliphatic heterocycles. The summed E-state index contributed by atoms with van der Waals surface area (Å²) in [4.78, 5) is 70.2. The summed E-state index contributed by atoms with van der Waals surface area (Å²) in [5.41, 5.74) is 6.05. The SMILES string of the molecule is CN[C@H](C(=O)NCC(=O)N[C@@H](Cc1cnc[nH]1)C(=O)N[C@@H](CC(C)C)C(=O)N[C@@H](CCSC)C(N)=O)C(C)C. The molecule has 4 atom stereocenters. The first-order chi connectivity index (χ1) is 18.4. The normalized spacial score (nSPS) is 14.3. The smallest absolute Gasteiger partial charge is 0.243 e. The number of likely N-dealkylation sites (N-methyl/N-ethyl adjacent to an activating group) is 1. The lowest BCUT2D eigenvalue weighted by Crippen LogP contribution is -2.58. The Labute approximate surface area is 234 Å². The number of thioether (sulfide) groups is 1. The van der Waals surface area contributed by atoms with Crippen molar-refractivity contribution >= 4 is 41.3 Å². The third-order valence-corrected chi connectivity index (χ3v) is 6.57. The van der Waals surface area contributed by atoms with Crippen molar-refractivity contribution in [2.75, 3.05) is 25.6 Å². The number of imidazole rings is 1. The van der Waals surface area contributed by atoms with E-state index in [-0.39, 0.29) is 30.7 Å². The number of nitrogens with zero attached hydrogens (tertiary/aromatic N) is 1. The van der Waals surface area contributed by atoms with Crippen LogP contribution in [0.25, 0.3) is 0 Å². The molecule has 1 aromatic heterocycles. The monoisotopic (exact) mass is 568 g/mol. The Kier molecular flexibility index (Phi) is 15.2. The number of H-pyrrole nitrogens is 1. The molecule has 1 heterocycles. The van der Waals surface area contributed by atoms with Crippen molar-refractivity contribution in [1.82, 2.24) is 36.6 Å². The fourth-order valence-corrected chi connectivity index (χ4v) is 4.36. The van der Waals surface area contributed by atoms with Crippen molar-refractivity contribution in [2.24, 2.45) is 17.6 Å². The van der Waals surface area contributed by atoms with Gasteiger partial charge in [0.1, 0.15) is 18.1 Å². The van der Waals surface area contributed by atoms with E-state index in [2.05, 4.69) is 36.6 Å². The standard InChI is InChI=1S/C25H44N8O5S/c1-14(2)9-18(23(36)32-17(22(26)35)7-8-39-6)33-24(37)19(10-16-11-28-13-30-16)31-20(34)12-29-25(38)21(27-5)15(3)4/h11,13-15,17-19,21,27H,7-10,12H2,1-6H3,(H2,26,35)(H,28,30)(H,29,38)(H,31,34)(H,32,36)(H,33,37)/t17-,18-,19-,21-/m0/s1. The topological polar surface area (TPSA) is 200 Å². The molecular weight excluding hydrogens is 524 g/mol. The highest BCUT2D eigenvalue weighted by molar-refractivity contribution is 7.98. The van der Waals surface area contributed by atoms with E-state index in [1.807, 2.05) is 34.0 Å². The highest BCUT2D eigenvalue weighted by Gasteiger charge is 2.30. The van der Waals surface area contributed by atoms with Gasteiger partial charge in [-0.2, -0.15) is 11.8 Å². The third-order valence-electron chi connectivity index (χ3n) is 5.92. The van der Waals surface area contributed by atoms with Gasteiger partial charge in [-0.3, -0.25) is 24.0 Å². The fourth-order valence-electron chi connectivity index (χ4n) is 3.88. The second kappa shape index (κ2) is 17.5. The van der Waals surface area contributed by atoms with Crippen LogP contribution in [0.15, 0.2) is 12.5 Å². The van der Waals surface area contributed by atoms with Crippen LogP contribution in [0, 0.1) is 11.8 Å². The summed E-state index contributed by atoms with van der Waals surface area (Å²) in [6.45, 7) is 7.22. The summed E-state index contributed by atoms with van der Waals surface area (Å²) in [7, 11) is 1.66. The van der Waals surface area contributed by atoms with Crippen molar-refractivity contribution in [3.05, 3.63) is 18.2 Å². The molecule has 0 fully saturated rings. The molecule has 0 saturated heterocycles. The van der Waals surface area contributed by atoms with Crippen molar-refractivity contribution in [1.29, 1.82) is 0 Å². The molecule has 1 rings (SSSR count). The molecule has 0 unspecified atom stereocenters. The lowest BCUT2D eigenvalue weighted by molar-refractivity contribution is -0.133. The summed E-state index contributed by atoms with van der Waals surface area (Å²) in [5.74, 6) is -2.03. The Morgan fingerprint density at radius 2 is 1.62 bits per heavy atom. The molecule has 5 amide bonds. The van der Waals surface area contributed by atoms with E-state index in [0.717, 1.165) is 0 Å². The minimum absolute atomic E-state index is 0.0101. The average Bonchev–Trinajstić information content (AvgIpc) is 3.37. The molecule has 0 spiro atoms. The van der Waals surface area contributed by atoms with Gasteiger partial charge in [0.05, 0.1) is 18.9 Å². The van der Waals surface area contributed by atoms with Gasteiger partial charge >= 0.3 is 0 Å². The molecule has 0 radical (unpaired) electrons. The average molecular weight is 569 g/mol. The number of carbonyl (C=O) groups is 5. The van der Waals surface area contributed by atoms with Gasteiger partial charge in [-0.15, -0.1) is 0 Å². The number of aromatic amines is 1. The van der Waals surface area contributed by atoms with Gasteiger partial charge in [0, 0.05) is 18.3 Å². The van der Waals surface area contributed by atoms with Crippen LogP contribution in [0.4, 0.5) is 0 Å². The summed E-state index contributed by atoms with van der Waals surface area (Å²) in [6.07, 6.45) is 5.58. The maximum Gasteiger partial charge on any atom is 0.243 e. The molecule has 39 heavy (non-hydrogen) atoms. The maximum absolute atomic E-state index is 13.3. The molecule has 0 bridgehead atoms. The number of primary amides is 1. The number of carbonyl (C=O) groups excluding carboxylic acids is 5. The first-order valence-corrected chi connectivity index (χ1v) is 14.4. The van der Waals surface area contributed by atoms with Crippen LogP contribution in [-0.4, -0.2) is 89.3 Å². The second-order valence-corrected chi connectivity index (χ2v) is 11.1. The second-order valence-electron chi connectivity index (χ2n) is 10.1. The van der Waals surface area contributed by atoms with Gasteiger partial charge < -0.3 is 37.3 Å². The van der Waals surface area contributed by atoms with E-state index in [0.29, 0.717) is 24.3 Å². The molecule has 0 saturated carbocycles. The van der Waals surface area contributed by atoms with Gasteiger partial charge in [0.15, 0.2) is 0 Å². The summed E-state index contributed by atoms with van der Waals surface area (Å²) < 4.78 is 0. The zero-order valence-electron chi connectivity index (χ0n) is 23.6. The minimum Gasteiger partial charge on any atom is -0.368 e. The van der Waals surface area contributed by atoms with E-state index in [1.165, 1.54) is 24.3 Å². The molecule has 0 aromatic carbocycles. The Hall–Kier alpha value is -3.13. The highest BCUT2D eigenvalue weighted by atomic mass is 32.2. The number of rotatable bonds is 18. The molecule has 220 valence electrons. The number of aromatic nitrogens is 2. The summed E-state index contributed by atoms with van der Waals surface area (Å²) in [6, 6.07) is -3.37. The number of amides is 5. The quantitative estimate of drug-likeness (QED) is 0.117. The van der Waals surface area contributed by atoms with Crippen molar-refractivity contribution in [2.45, 2.75) is 71.1 Å². The van der Waals surface area contributed by atoms with Gasteiger partial charge in [-0.05, 0) is 43.7 Å². The first-order valence-electron chi connectivity index (χ1n) is 13.0. The van der Waals surface area contributed by atoms with Crippen LogP contribution in [0.3, 0.4) is 0 Å². The van der Waals surface area contributed by atoms with E-state index in [1.54, 1.807) is 7.05 Å². The van der Waals surface area contributed by atoms with E-state index in [9.17, 15) is 24.0 Å². The maximum atomic E-state index is 13.3. The molecule has 0 aliphatic rings. The Bertz CT molecular complexity index is 941. The van der Waals surface area contributed by atoms with Crippen LogP contribution in [-0.2, 0) is 30.4 Å². The Morgan fingerprint density at radius 1 is 0.974 bits per heavy atom. The fraction of sp³-hybridized carbons (Fsp3) is 0.680. The molecular formula is C25H44N8O5S. The lowest BCUT2D eigenvalue weighted by atomic mass is 10.0. The van der Waals surface area contributed by atoms with Crippen molar-refractivity contribution < 1.29 is 24.0 Å². The van der Waals surface area contributed by atoms with Gasteiger partial charge in [0.2, 0.25) is 29.5 Å². The zero-order chi connectivity index (χ0) is 29.5. The van der Waals surface area contributed by atoms with Gasteiger partial charge in [-0.1, -0.05) is 27.7 Å². The van der Waals surface area contributed by atoms with Crippen molar-refractivity contribution in [3.8, 4) is 0 Å². The van der Waals surface area contributed by atoms with Gasteiger partial charge in [0.25, 0.3) is 0 Å². The van der Waals surface area contributed by atoms with Gasteiger partial charge in [-0.25, -0.2) is 4.98 Å². The third kappa shape index (κ3) is 12.5. The van der Waals surface area contributed by atoms with Crippen LogP contribution < -0.4 is 32.3 Å². The van der Waals surface area contributed by atoms with E-state index < -0.39 is 47.8 Å². The zero-order valence-corrected chi connectivity index (χ0v) is 24.4. The minimum atomic E-state index is -1.06. The lowest BCUT2D eigenvalue weighted by Gasteiger charge is -2.26. The molecule has 1 aromatic rings. The number of hydrogen-bond acceptors (Lipinski definition) is 8. The summed E-state index contributed by atoms with van der Waals surface area (Å²) in [5, 5.41) is 13.5. The van der Waals surface area contributed by atoms with Crippen LogP contribution in [0.1, 0.15) is 46.2 Å². The van der Waals surface area contributed by atoms with Crippen LogP contribution >= 0.6 is 11.8 Å². The molecule has 8 N–H and O–H groups in total. The largest absolute Gasteiger partial charge is 0.368 e. The molecule has 13 nitrogen and oxygen atoms in total. The highest BCUT2D eigenvalue weighted by Crippen LogP contribution is 2.09. The van der Waals surface area contributed by atoms with Crippen molar-refractivity contribution in [3.63, 3.8) is 0 Å². The predicted molar refractivity (Wildman–Crippen MR) is 150 cm³/mol.